The molecule has 0 aromatic heterocycles. The van der Waals surface area contributed by atoms with Crippen LogP contribution in [0.25, 0.3) is 10.8 Å². The fourth-order valence-corrected chi connectivity index (χ4v) is 6.81. The number of benzene rings is 2. The molecule has 348 valence electrons. The van der Waals surface area contributed by atoms with Crippen molar-refractivity contribution in [3.8, 4) is 0 Å². The van der Waals surface area contributed by atoms with Crippen molar-refractivity contribution < 1.29 is 95.3 Å². The molecule has 64 heavy (non-hydrogen) atoms. The number of carbonyl (C=O) groups is 10. The maximum atomic E-state index is 13.8. The number of carbonyl (C=O) groups excluding carboxylic acids is 10. The van der Waals surface area contributed by atoms with E-state index in [0.717, 1.165) is 55.4 Å². The van der Waals surface area contributed by atoms with Crippen LogP contribution < -0.4 is 21.3 Å². The van der Waals surface area contributed by atoms with Gasteiger partial charge in [-0.25, -0.2) is 9.59 Å². The van der Waals surface area contributed by atoms with Gasteiger partial charge in [-0.15, -0.1) is 0 Å². The molecule has 2 aromatic carbocycles. The third-order valence-electron chi connectivity index (χ3n) is 8.93. The molecule has 4 amide bonds. The summed E-state index contributed by atoms with van der Waals surface area (Å²) in [7, 11) is 0. The summed E-state index contributed by atoms with van der Waals surface area (Å²) in [6.45, 7) is 7.37. The number of rotatable bonds is 14. The van der Waals surface area contributed by atoms with Gasteiger partial charge in [0, 0.05) is 60.8 Å². The van der Waals surface area contributed by atoms with Crippen LogP contribution in [0.4, 0.5) is 21.0 Å². The number of fused-ring (bicyclic) bond motifs is 1. The SMILES string of the molecule is CC(=O)OC[C@H]1O[C@@H](NC(=O)Nc2cccc3cccc(NC(=O)N[C@@H]4O[C@H](COC(C)=O)[C@@H](OC(C)=O)[C@H](OC(C)=O)[C@H]4OC(C)=O)c23)[C@H](OC(C)=O)[C@@H](OC(C)=O)[C@@H]1OC(C)=O. The fourth-order valence-electron chi connectivity index (χ4n) is 6.81. The van der Waals surface area contributed by atoms with E-state index in [4.69, 9.17) is 47.4 Å². The highest BCUT2D eigenvalue weighted by atomic mass is 16.7. The average molecular weight is 905 g/mol. The van der Waals surface area contributed by atoms with Gasteiger partial charge in [-0.2, -0.15) is 0 Å². The summed E-state index contributed by atoms with van der Waals surface area (Å²) in [5.74, 6) is -6.76. The largest absolute Gasteiger partial charge is 0.463 e. The first-order valence-corrected chi connectivity index (χ1v) is 19.4. The summed E-state index contributed by atoms with van der Waals surface area (Å²) >= 11 is 0. The van der Waals surface area contributed by atoms with Crippen molar-refractivity contribution in [1.29, 1.82) is 0 Å². The summed E-state index contributed by atoms with van der Waals surface area (Å²) in [5, 5.41) is 11.0. The molecule has 2 aliphatic heterocycles. The maximum Gasteiger partial charge on any atom is 0.321 e. The van der Waals surface area contributed by atoms with Crippen LogP contribution in [0.5, 0.6) is 0 Å². The van der Waals surface area contributed by atoms with Gasteiger partial charge in [-0.05, 0) is 17.5 Å². The molecule has 2 aliphatic rings. The molecule has 2 heterocycles. The van der Waals surface area contributed by atoms with Crippen LogP contribution in [0.3, 0.4) is 0 Å². The zero-order valence-electron chi connectivity index (χ0n) is 35.8. The molecule has 0 radical (unpaired) electrons. The second-order valence-corrected chi connectivity index (χ2v) is 14.1. The normalized spacial score (nSPS) is 24.9. The number of urea groups is 2. The zero-order valence-corrected chi connectivity index (χ0v) is 35.8. The maximum absolute atomic E-state index is 13.8. The molecule has 10 atom stereocenters. The molecule has 0 aliphatic carbocycles. The lowest BCUT2D eigenvalue weighted by atomic mass is 9.97. The van der Waals surface area contributed by atoms with Crippen LogP contribution in [-0.4, -0.2) is 134 Å². The van der Waals surface area contributed by atoms with Crippen LogP contribution >= 0.6 is 0 Å². The van der Waals surface area contributed by atoms with Gasteiger partial charge in [0.15, 0.2) is 49.1 Å². The summed E-state index contributed by atoms with van der Waals surface area (Å²) < 4.78 is 54.5. The molecular formula is C40H48N4O20. The van der Waals surface area contributed by atoms with E-state index < -0.39 is 134 Å². The van der Waals surface area contributed by atoms with Crippen LogP contribution in [-0.2, 0) is 85.7 Å². The quantitative estimate of drug-likeness (QED) is 0.153. The molecule has 24 nitrogen and oxygen atoms in total. The van der Waals surface area contributed by atoms with Crippen molar-refractivity contribution in [1.82, 2.24) is 10.6 Å². The Labute approximate surface area is 364 Å². The van der Waals surface area contributed by atoms with Gasteiger partial charge in [0.1, 0.15) is 25.4 Å². The Hall–Kier alpha value is -7.08. The Morgan fingerprint density at radius 1 is 0.438 bits per heavy atom. The Kier molecular flexibility index (Phi) is 17.3. The van der Waals surface area contributed by atoms with E-state index in [1.165, 1.54) is 12.1 Å². The Balaban J connectivity index is 1.65. The van der Waals surface area contributed by atoms with Crippen molar-refractivity contribution in [3.63, 3.8) is 0 Å². The highest BCUT2D eigenvalue weighted by Crippen LogP contribution is 2.33. The second-order valence-electron chi connectivity index (χ2n) is 14.1. The highest BCUT2D eigenvalue weighted by Gasteiger charge is 2.54. The molecule has 24 heteroatoms. The van der Waals surface area contributed by atoms with Gasteiger partial charge >= 0.3 is 59.8 Å². The molecule has 0 spiro atoms. The molecule has 2 fully saturated rings. The number of esters is 8. The lowest BCUT2D eigenvalue weighted by Gasteiger charge is -2.44. The minimum Gasteiger partial charge on any atom is -0.463 e. The second kappa shape index (κ2) is 22.3. The number of hydrogen-bond donors (Lipinski definition) is 4. The molecular weight excluding hydrogens is 856 g/mol. The fraction of sp³-hybridized carbons (Fsp3) is 0.500. The first-order chi connectivity index (χ1) is 30.1. The molecule has 2 aromatic rings. The third kappa shape index (κ3) is 14.0. The van der Waals surface area contributed by atoms with Crippen LogP contribution in [0.1, 0.15) is 55.4 Å². The Bertz CT molecular complexity index is 1990. The van der Waals surface area contributed by atoms with Gasteiger partial charge in [0.05, 0.1) is 11.4 Å². The topological polar surface area (TPSA) is 311 Å². The van der Waals surface area contributed by atoms with Crippen LogP contribution in [0.15, 0.2) is 36.4 Å². The molecule has 2 saturated heterocycles. The summed E-state index contributed by atoms with van der Waals surface area (Å²) in [5.41, 5.74) is 0.174. The van der Waals surface area contributed by atoms with E-state index >= 15 is 0 Å². The van der Waals surface area contributed by atoms with E-state index in [0.29, 0.717) is 5.39 Å². The summed E-state index contributed by atoms with van der Waals surface area (Å²) in [6.07, 6.45) is -15.3. The van der Waals surface area contributed by atoms with Crippen molar-refractivity contribution in [2.24, 2.45) is 0 Å². The number of anilines is 2. The number of amides is 4. The van der Waals surface area contributed by atoms with Crippen molar-refractivity contribution in [3.05, 3.63) is 36.4 Å². The molecule has 0 bridgehead atoms. The summed E-state index contributed by atoms with van der Waals surface area (Å²) in [4.78, 5) is 124. The first-order valence-electron chi connectivity index (χ1n) is 19.4. The van der Waals surface area contributed by atoms with Gasteiger partial charge in [-0.3, -0.25) is 38.4 Å². The van der Waals surface area contributed by atoms with Gasteiger partial charge in [0.2, 0.25) is 0 Å². The van der Waals surface area contributed by atoms with E-state index in [9.17, 15) is 47.9 Å². The minimum atomic E-state index is -1.62. The van der Waals surface area contributed by atoms with Crippen molar-refractivity contribution in [2.45, 2.75) is 117 Å². The summed E-state index contributed by atoms with van der Waals surface area (Å²) in [6, 6.07) is 7.41. The standard InChI is InChI=1S/C40H48N4O20/c1-17(45)55-15-28-31(57-19(3)47)33(59-21(5)49)35(61-23(7)51)37(63-28)43-39(53)41-26-13-9-11-25-12-10-14-27(30(25)26)42-40(54)44-38-36(62-24(8)52)34(60-22(6)50)32(58-20(4)48)29(64-38)16-56-18(2)46/h9-14,28-29,31-38H,15-16H2,1-8H3,(H2,41,43,53)(H2,42,44,54)/t28-,29-,31-,32-,33+,34+,35-,36-,37-,38-/m1/s1. The van der Waals surface area contributed by atoms with E-state index in [-0.39, 0.29) is 16.8 Å². The van der Waals surface area contributed by atoms with E-state index in [1.807, 2.05) is 0 Å². The Morgan fingerprint density at radius 2 is 0.750 bits per heavy atom. The van der Waals surface area contributed by atoms with Crippen molar-refractivity contribution in [2.75, 3.05) is 23.8 Å². The number of hydrogen-bond acceptors (Lipinski definition) is 20. The smallest absolute Gasteiger partial charge is 0.321 e. The van der Waals surface area contributed by atoms with Gasteiger partial charge < -0.3 is 68.6 Å². The predicted molar refractivity (Wildman–Crippen MR) is 212 cm³/mol. The monoisotopic (exact) mass is 904 g/mol. The van der Waals surface area contributed by atoms with Crippen LogP contribution in [0, 0.1) is 0 Å². The van der Waals surface area contributed by atoms with E-state index in [1.54, 1.807) is 24.3 Å². The molecule has 0 unspecified atom stereocenters. The highest BCUT2D eigenvalue weighted by molar-refractivity contribution is 6.10. The van der Waals surface area contributed by atoms with E-state index in [2.05, 4.69) is 21.3 Å². The van der Waals surface area contributed by atoms with Gasteiger partial charge in [-0.1, -0.05) is 24.3 Å². The molecule has 4 N–H and O–H groups in total. The average Bonchev–Trinajstić information content (AvgIpc) is 3.17. The molecule has 4 rings (SSSR count). The Morgan fingerprint density at radius 3 is 1.06 bits per heavy atom. The third-order valence-corrected chi connectivity index (χ3v) is 8.93. The zero-order chi connectivity index (χ0) is 47.4. The predicted octanol–water partition coefficient (Wildman–Crippen LogP) is 1.25. The number of nitrogens with one attached hydrogen (secondary N) is 4. The number of ether oxygens (including phenoxy) is 10. The molecule has 0 saturated carbocycles. The first kappa shape index (κ1) is 49.6. The van der Waals surface area contributed by atoms with Crippen LogP contribution in [0.2, 0.25) is 0 Å². The van der Waals surface area contributed by atoms with Gasteiger partial charge in [0.25, 0.3) is 0 Å². The lowest BCUT2D eigenvalue weighted by molar-refractivity contribution is -0.255. The lowest BCUT2D eigenvalue weighted by Crippen LogP contribution is -2.66. The van der Waals surface area contributed by atoms with Crippen molar-refractivity contribution >= 4 is 82.0 Å². The minimum absolute atomic E-state index is 0.0869.